The van der Waals surface area contributed by atoms with Gasteiger partial charge in [-0.15, -0.1) is 0 Å². The van der Waals surface area contributed by atoms with Crippen molar-refractivity contribution in [1.29, 1.82) is 0 Å². The molecule has 0 radical (unpaired) electrons. The second kappa shape index (κ2) is 4.53. The number of aromatic nitrogens is 2. The van der Waals surface area contributed by atoms with E-state index in [2.05, 4.69) is 34.4 Å². The quantitative estimate of drug-likeness (QED) is 0.800. The monoisotopic (exact) mass is 228 g/mol. The van der Waals surface area contributed by atoms with Gasteiger partial charge in [-0.2, -0.15) is 11.8 Å². The van der Waals surface area contributed by atoms with Crippen LogP contribution in [0.1, 0.15) is 32.2 Å². The molecule has 1 aromatic heterocycles. The summed E-state index contributed by atoms with van der Waals surface area (Å²) in [6.07, 6.45) is 7.99. The summed E-state index contributed by atoms with van der Waals surface area (Å²) in [5.74, 6) is 1.21. The van der Waals surface area contributed by atoms with Crippen molar-refractivity contribution in [1.82, 2.24) is 9.55 Å². The summed E-state index contributed by atoms with van der Waals surface area (Å²) in [7, 11) is 0. The van der Waals surface area contributed by atoms with E-state index in [9.17, 15) is 0 Å². The first-order valence-corrected chi connectivity index (χ1v) is 6.65. The molecule has 0 saturated heterocycles. The van der Waals surface area contributed by atoms with Crippen LogP contribution in [0.15, 0.2) is 12.4 Å². The predicted octanol–water partition coefficient (Wildman–Crippen LogP) is 3.39. The van der Waals surface area contributed by atoms with Crippen LogP contribution in [0.5, 0.6) is 0 Å². The third kappa shape index (κ3) is 1.91. The molecule has 2 nitrogen and oxygen atoms in total. The van der Waals surface area contributed by atoms with E-state index in [1.165, 1.54) is 25.0 Å². The molecule has 2 unspecified atom stereocenters. The lowest BCUT2D eigenvalue weighted by Crippen LogP contribution is -2.15. The maximum absolute atomic E-state index is 5.26. The highest BCUT2D eigenvalue weighted by Crippen LogP contribution is 2.38. The molecule has 2 rings (SSSR count). The largest absolute Gasteiger partial charge is 0.337 e. The van der Waals surface area contributed by atoms with E-state index in [4.69, 9.17) is 12.2 Å². The highest BCUT2D eigenvalue weighted by atomic mass is 32.2. The van der Waals surface area contributed by atoms with Crippen LogP contribution in [0.25, 0.3) is 0 Å². The Morgan fingerprint density at radius 1 is 1.64 bits per heavy atom. The Labute approximate surface area is 94.1 Å². The molecule has 78 valence electrons. The van der Waals surface area contributed by atoms with Gasteiger partial charge in [0.1, 0.15) is 0 Å². The average Bonchev–Trinajstić information content (AvgIpc) is 2.74. The van der Waals surface area contributed by atoms with Gasteiger partial charge in [-0.3, -0.25) is 0 Å². The van der Waals surface area contributed by atoms with Gasteiger partial charge < -0.3 is 9.55 Å². The molecule has 1 fully saturated rings. The maximum Gasteiger partial charge on any atom is 0.177 e. The molecule has 0 amide bonds. The van der Waals surface area contributed by atoms with E-state index in [0.29, 0.717) is 6.04 Å². The first-order chi connectivity index (χ1) is 6.83. The van der Waals surface area contributed by atoms with E-state index in [-0.39, 0.29) is 0 Å². The minimum Gasteiger partial charge on any atom is -0.337 e. The smallest absolute Gasteiger partial charge is 0.177 e. The van der Waals surface area contributed by atoms with Crippen molar-refractivity contribution in [3.05, 3.63) is 17.2 Å². The molecular formula is C10H16N2S2. The Morgan fingerprint density at radius 3 is 3.14 bits per heavy atom. The maximum atomic E-state index is 5.26. The number of hydrogen-bond donors (Lipinski definition) is 1. The number of thioether (sulfide) groups is 1. The first-order valence-electron chi connectivity index (χ1n) is 5.20. The van der Waals surface area contributed by atoms with Crippen molar-refractivity contribution < 1.29 is 0 Å². The van der Waals surface area contributed by atoms with Gasteiger partial charge >= 0.3 is 0 Å². The van der Waals surface area contributed by atoms with Crippen molar-refractivity contribution in [3.63, 3.8) is 0 Å². The molecule has 0 spiro atoms. The van der Waals surface area contributed by atoms with Gasteiger partial charge in [0.25, 0.3) is 0 Å². The normalized spacial score (nSPS) is 26.9. The summed E-state index contributed by atoms with van der Waals surface area (Å²) in [4.78, 5) is 3.08. The lowest BCUT2D eigenvalue weighted by molar-refractivity contribution is 0.522. The first kappa shape index (κ1) is 10.3. The van der Waals surface area contributed by atoms with Gasteiger partial charge in [-0.25, -0.2) is 0 Å². The summed E-state index contributed by atoms with van der Waals surface area (Å²) in [6.45, 7) is 2.23. The van der Waals surface area contributed by atoms with Crippen molar-refractivity contribution in [3.8, 4) is 0 Å². The van der Waals surface area contributed by atoms with Crippen LogP contribution in [0, 0.1) is 4.77 Å². The number of hydrogen-bond acceptors (Lipinski definition) is 2. The SMILES string of the molecule is CCSC1CCCC1n1cc[nH]c1=S. The average molecular weight is 228 g/mol. The molecular weight excluding hydrogens is 212 g/mol. The van der Waals surface area contributed by atoms with Crippen molar-refractivity contribution in [2.45, 2.75) is 37.5 Å². The molecule has 0 aromatic carbocycles. The molecule has 4 heteroatoms. The van der Waals surface area contributed by atoms with Crippen molar-refractivity contribution in [2.24, 2.45) is 0 Å². The van der Waals surface area contributed by atoms with Crippen LogP contribution >= 0.6 is 24.0 Å². The molecule has 1 aliphatic carbocycles. The van der Waals surface area contributed by atoms with E-state index in [1.54, 1.807) is 0 Å². The fourth-order valence-electron chi connectivity index (χ4n) is 2.23. The Kier molecular flexibility index (Phi) is 3.34. The molecule has 1 N–H and O–H groups in total. The van der Waals surface area contributed by atoms with Crippen LogP contribution < -0.4 is 0 Å². The van der Waals surface area contributed by atoms with Gasteiger partial charge in [0.2, 0.25) is 0 Å². The number of aromatic amines is 1. The third-order valence-electron chi connectivity index (χ3n) is 2.83. The summed E-state index contributed by atoms with van der Waals surface area (Å²) >= 11 is 7.33. The minimum absolute atomic E-state index is 0.624. The van der Waals surface area contributed by atoms with E-state index < -0.39 is 0 Å². The van der Waals surface area contributed by atoms with E-state index in [1.807, 2.05) is 6.20 Å². The van der Waals surface area contributed by atoms with Crippen LogP contribution in [0.2, 0.25) is 0 Å². The van der Waals surface area contributed by atoms with Gasteiger partial charge in [-0.05, 0) is 30.8 Å². The van der Waals surface area contributed by atoms with Gasteiger partial charge in [0.15, 0.2) is 4.77 Å². The van der Waals surface area contributed by atoms with Crippen molar-refractivity contribution in [2.75, 3.05) is 5.75 Å². The van der Waals surface area contributed by atoms with Crippen LogP contribution in [0.3, 0.4) is 0 Å². The Hall–Kier alpha value is -0.220. The second-order valence-corrected chi connectivity index (χ2v) is 5.57. The fraction of sp³-hybridized carbons (Fsp3) is 0.700. The third-order valence-corrected chi connectivity index (χ3v) is 4.47. The van der Waals surface area contributed by atoms with Gasteiger partial charge in [-0.1, -0.05) is 13.3 Å². The zero-order valence-electron chi connectivity index (χ0n) is 8.40. The molecule has 1 saturated carbocycles. The topological polar surface area (TPSA) is 20.7 Å². The number of nitrogens with zero attached hydrogens (tertiary/aromatic N) is 1. The molecule has 1 heterocycles. The zero-order valence-corrected chi connectivity index (χ0v) is 10.0. The Balaban J connectivity index is 2.17. The summed E-state index contributed by atoms with van der Waals surface area (Å²) in [5.41, 5.74) is 0. The number of H-pyrrole nitrogens is 1. The number of rotatable bonds is 3. The number of nitrogens with one attached hydrogen (secondary N) is 1. The standard InChI is InChI=1S/C10H16N2S2/c1-2-14-9-5-3-4-8(9)12-7-6-11-10(12)13/h6-9H,2-5H2,1H3,(H,11,13). The molecule has 0 bridgehead atoms. The molecule has 2 atom stereocenters. The molecule has 1 aromatic rings. The van der Waals surface area contributed by atoms with Crippen LogP contribution in [0.4, 0.5) is 0 Å². The van der Waals surface area contributed by atoms with Crippen LogP contribution in [-0.2, 0) is 0 Å². The highest BCUT2D eigenvalue weighted by molar-refractivity contribution is 7.99. The van der Waals surface area contributed by atoms with Crippen LogP contribution in [-0.4, -0.2) is 20.6 Å². The summed E-state index contributed by atoms with van der Waals surface area (Å²) < 4.78 is 3.11. The second-order valence-electron chi connectivity index (χ2n) is 3.66. The van der Waals surface area contributed by atoms with Crippen molar-refractivity contribution >= 4 is 24.0 Å². The summed E-state index contributed by atoms with van der Waals surface area (Å²) in [5, 5.41) is 0.766. The Bertz CT molecular complexity index is 342. The molecule has 14 heavy (non-hydrogen) atoms. The molecule has 0 aliphatic heterocycles. The fourth-order valence-corrected chi connectivity index (χ4v) is 3.74. The Morgan fingerprint density at radius 2 is 2.50 bits per heavy atom. The van der Waals surface area contributed by atoms with Gasteiger partial charge in [0.05, 0.1) is 0 Å². The summed E-state index contributed by atoms with van der Waals surface area (Å²) in [6, 6.07) is 0.624. The predicted molar refractivity (Wildman–Crippen MR) is 64.4 cm³/mol. The van der Waals surface area contributed by atoms with Gasteiger partial charge in [0, 0.05) is 23.7 Å². The highest BCUT2D eigenvalue weighted by Gasteiger charge is 2.28. The minimum atomic E-state index is 0.624. The number of imidazole rings is 1. The lowest BCUT2D eigenvalue weighted by Gasteiger charge is -2.19. The van der Waals surface area contributed by atoms with E-state index >= 15 is 0 Å². The lowest BCUT2D eigenvalue weighted by atomic mass is 10.2. The molecule has 1 aliphatic rings. The van der Waals surface area contributed by atoms with E-state index in [0.717, 1.165) is 10.0 Å². The zero-order chi connectivity index (χ0) is 9.97.